The highest BCUT2D eigenvalue weighted by Crippen LogP contribution is 2.18. The van der Waals surface area contributed by atoms with Crippen molar-refractivity contribution in [2.45, 2.75) is 6.18 Å². The van der Waals surface area contributed by atoms with Gasteiger partial charge in [-0.25, -0.2) is 9.78 Å². The largest absolute Gasteiger partial charge is 0.492 e. The van der Waals surface area contributed by atoms with Crippen molar-refractivity contribution in [3.63, 3.8) is 0 Å². The van der Waals surface area contributed by atoms with E-state index in [0.717, 1.165) is 0 Å². The Bertz CT molecular complexity index is 757. The minimum atomic E-state index is -4.44. The van der Waals surface area contributed by atoms with E-state index < -0.39 is 18.8 Å². The van der Waals surface area contributed by atoms with E-state index in [4.69, 9.17) is 16.3 Å². The summed E-state index contributed by atoms with van der Waals surface area (Å²) in [5.41, 5.74) is 0.321. The van der Waals surface area contributed by atoms with Gasteiger partial charge in [-0.3, -0.25) is 0 Å². The number of benzene rings is 1. The fraction of sp³-hybridized carbons (Fsp3) is 0.294. The molecule has 10 heteroatoms. The number of urea groups is 1. The number of amides is 2. The number of hydrogen-bond donors (Lipinski definition) is 1. The molecule has 146 valence electrons. The van der Waals surface area contributed by atoms with Crippen molar-refractivity contribution in [3.05, 3.63) is 47.6 Å². The smallest absolute Gasteiger partial charge is 0.422 e. The molecule has 0 saturated carbocycles. The number of ether oxygens (including phenoxy) is 2. The molecule has 2 amide bonds. The van der Waals surface area contributed by atoms with Gasteiger partial charge in [0.15, 0.2) is 6.61 Å². The predicted molar refractivity (Wildman–Crippen MR) is 94.4 cm³/mol. The fourth-order valence-corrected chi connectivity index (χ4v) is 2.05. The van der Waals surface area contributed by atoms with Crippen LogP contribution >= 0.6 is 11.6 Å². The molecule has 0 saturated heterocycles. The second kappa shape index (κ2) is 9.31. The maximum absolute atomic E-state index is 12.1. The van der Waals surface area contributed by atoms with Gasteiger partial charge in [0.25, 0.3) is 0 Å². The number of anilines is 1. The third-order valence-electron chi connectivity index (χ3n) is 3.21. The van der Waals surface area contributed by atoms with Crippen molar-refractivity contribution < 1.29 is 27.4 Å². The first-order valence-electron chi connectivity index (χ1n) is 7.79. The lowest BCUT2D eigenvalue weighted by molar-refractivity contribution is -0.154. The number of aromatic nitrogens is 1. The molecule has 0 bridgehead atoms. The molecular weight excluding hydrogens is 387 g/mol. The maximum atomic E-state index is 12.1. The zero-order valence-corrected chi connectivity index (χ0v) is 15.0. The van der Waals surface area contributed by atoms with E-state index in [1.54, 1.807) is 31.3 Å². The number of alkyl halides is 3. The van der Waals surface area contributed by atoms with E-state index in [1.807, 2.05) is 0 Å². The van der Waals surface area contributed by atoms with Gasteiger partial charge >= 0.3 is 12.2 Å². The van der Waals surface area contributed by atoms with E-state index in [1.165, 1.54) is 23.2 Å². The van der Waals surface area contributed by atoms with Crippen LogP contribution in [-0.2, 0) is 0 Å². The fourth-order valence-electron chi connectivity index (χ4n) is 1.87. The third-order valence-corrected chi connectivity index (χ3v) is 3.44. The van der Waals surface area contributed by atoms with Crippen LogP contribution in [0.15, 0.2) is 42.6 Å². The molecule has 0 radical (unpaired) electrons. The Kier molecular flexibility index (Phi) is 7.12. The van der Waals surface area contributed by atoms with E-state index >= 15 is 0 Å². The average molecular weight is 404 g/mol. The maximum Gasteiger partial charge on any atom is 0.422 e. The highest BCUT2D eigenvalue weighted by molar-refractivity contribution is 6.30. The summed E-state index contributed by atoms with van der Waals surface area (Å²) in [6.45, 7) is -0.869. The van der Waals surface area contributed by atoms with Crippen LogP contribution in [0.25, 0.3) is 0 Å². The van der Waals surface area contributed by atoms with Gasteiger partial charge in [-0.2, -0.15) is 13.2 Å². The van der Waals surface area contributed by atoms with E-state index in [2.05, 4.69) is 15.0 Å². The summed E-state index contributed by atoms with van der Waals surface area (Å²) in [4.78, 5) is 17.2. The van der Waals surface area contributed by atoms with Crippen LogP contribution in [0.5, 0.6) is 11.6 Å². The van der Waals surface area contributed by atoms with Crippen LogP contribution in [0.4, 0.5) is 23.7 Å². The molecule has 0 aliphatic carbocycles. The second-order valence-corrected chi connectivity index (χ2v) is 5.88. The van der Waals surface area contributed by atoms with Crippen molar-refractivity contribution >= 4 is 23.3 Å². The molecule has 2 rings (SSSR count). The number of rotatable bonds is 7. The Morgan fingerprint density at radius 2 is 2.04 bits per heavy atom. The average Bonchev–Trinajstić information content (AvgIpc) is 2.60. The van der Waals surface area contributed by atoms with Crippen molar-refractivity contribution in [2.75, 3.05) is 32.1 Å². The summed E-state index contributed by atoms with van der Waals surface area (Å²) >= 11 is 5.86. The predicted octanol–water partition coefficient (Wildman–Crippen LogP) is 4.22. The lowest BCUT2D eigenvalue weighted by atomic mass is 10.3. The number of nitrogens with one attached hydrogen (secondary N) is 1. The minimum absolute atomic E-state index is 0.186. The minimum Gasteiger partial charge on any atom is -0.492 e. The Morgan fingerprint density at radius 3 is 2.67 bits per heavy atom. The van der Waals surface area contributed by atoms with Crippen LogP contribution in [0, 0.1) is 0 Å². The molecule has 0 fully saturated rings. The molecule has 0 aliphatic rings. The summed E-state index contributed by atoms with van der Waals surface area (Å²) < 4.78 is 46.2. The molecule has 0 unspecified atom stereocenters. The number of hydrogen-bond acceptors (Lipinski definition) is 4. The van der Waals surface area contributed by atoms with Crippen molar-refractivity contribution in [2.24, 2.45) is 0 Å². The van der Waals surface area contributed by atoms with Gasteiger partial charge in [0.05, 0.1) is 18.4 Å². The number of carbonyl (C=O) groups is 1. The van der Waals surface area contributed by atoms with Gasteiger partial charge in [-0.1, -0.05) is 17.7 Å². The number of halogens is 4. The van der Waals surface area contributed by atoms with Crippen LogP contribution < -0.4 is 14.8 Å². The molecule has 6 nitrogen and oxygen atoms in total. The highest BCUT2D eigenvalue weighted by atomic mass is 35.5. The Balaban J connectivity index is 1.76. The standard InChI is InChI=1S/C17H17ClF3N3O3/c1-24(7-8-26-14-4-2-3-12(18)9-14)16(25)23-13-5-6-15(22-10-13)27-11-17(19,20)21/h2-6,9-10H,7-8,11H2,1H3,(H,23,25). The molecule has 1 heterocycles. The van der Waals surface area contributed by atoms with Crippen molar-refractivity contribution in [1.29, 1.82) is 0 Å². The van der Waals surface area contributed by atoms with Gasteiger partial charge in [-0.05, 0) is 24.3 Å². The lowest BCUT2D eigenvalue weighted by Crippen LogP contribution is -2.34. The molecule has 2 aromatic rings. The van der Waals surface area contributed by atoms with E-state index in [0.29, 0.717) is 23.0 Å². The zero-order valence-electron chi connectivity index (χ0n) is 14.3. The lowest BCUT2D eigenvalue weighted by Gasteiger charge is -2.18. The van der Waals surface area contributed by atoms with Crippen LogP contribution in [0.1, 0.15) is 0 Å². The first kappa shape index (κ1) is 20.6. The van der Waals surface area contributed by atoms with Gasteiger partial charge in [0, 0.05) is 18.1 Å². The molecule has 1 aromatic carbocycles. The molecule has 0 aliphatic heterocycles. The van der Waals surface area contributed by atoms with Gasteiger partial charge in [0.2, 0.25) is 5.88 Å². The van der Waals surface area contributed by atoms with Crippen molar-refractivity contribution in [3.8, 4) is 11.6 Å². The summed E-state index contributed by atoms with van der Waals surface area (Å²) in [6.07, 6.45) is -3.23. The van der Waals surface area contributed by atoms with E-state index in [9.17, 15) is 18.0 Å². The topological polar surface area (TPSA) is 63.7 Å². The van der Waals surface area contributed by atoms with Crippen LogP contribution in [-0.4, -0.2) is 48.9 Å². The van der Waals surface area contributed by atoms with Gasteiger partial charge in [0.1, 0.15) is 12.4 Å². The molecule has 1 aromatic heterocycles. The van der Waals surface area contributed by atoms with E-state index in [-0.39, 0.29) is 12.5 Å². The quantitative estimate of drug-likeness (QED) is 0.752. The number of pyridine rings is 1. The van der Waals surface area contributed by atoms with Crippen LogP contribution in [0.3, 0.4) is 0 Å². The van der Waals surface area contributed by atoms with Crippen LogP contribution in [0.2, 0.25) is 5.02 Å². The monoisotopic (exact) mass is 403 g/mol. The Labute approximate surface area is 158 Å². The second-order valence-electron chi connectivity index (χ2n) is 5.45. The zero-order chi connectivity index (χ0) is 19.9. The molecule has 0 spiro atoms. The Hall–Kier alpha value is -2.68. The summed E-state index contributed by atoms with van der Waals surface area (Å²) in [7, 11) is 1.57. The first-order valence-corrected chi connectivity index (χ1v) is 8.17. The normalized spacial score (nSPS) is 11.0. The van der Waals surface area contributed by atoms with Gasteiger partial charge in [-0.15, -0.1) is 0 Å². The highest BCUT2D eigenvalue weighted by Gasteiger charge is 2.28. The molecular formula is C17H17ClF3N3O3. The summed E-state index contributed by atoms with van der Waals surface area (Å²) in [5.74, 6) is 0.406. The Morgan fingerprint density at radius 1 is 1.26 bits per heavy atom. The molecule has 0 atom stereocenters. The summed E-state index contributed by atoms with van der Waals surface area (Å²) in [6, 6.07) is 9.10. The summed E-state index contributed by atoms with van der Waals surface area (Å²) in [5, 5.41) is 3.12. The number of nitrogens with zero attached hydrogens (tertiary/aromatic N) is 2. The van der Waals surface area contributed by atoms with Gasteiger partial charge < -0.3 is 19.7 Å². The van der Waals surface area contributed by atoms with Crippen molar-refractivity contribution in [1.82, 2.24) is 9.88 Å². The third kappa shape index (κ3) is 7.61. The molecule has 1 N–H and O–H groups in total. The number of likely N-dealkylation sites (N-methyl/N-ethyl adjacent to an activating group) is 1. The first-order chi connectivity index (χ1) is 12.7. The SMILES string of the molecule is CN(CCOc1cccc(Cl)c1)C(=O)Nc1ccc(OCC(F)(F)F)nc1. The molecule has 27 heavy (non-hydrogen) atoms. The number of carbonyl (C=O) groups excluding carboxylic acids is 1.